The van der Waals surface area contributed by atoms with Crippen LogP contribution in [0.4, 0.5) is 10.1 Å². The van der Waals surface area contributed by atoms with Gasteiger partial charge in [-0.1, -0.05) is 6.07 Å². The van der Waals surface area contributed by atoms with Gasteiger partial charge in [0.25, 0.3) is 11.6 Å². The molecule has 2 aromatic rings. The van der Waals surface area contributed by atoms with Gasteiger partial charge < -0.3 is 4.90 Å². The summed E-state index contributed by atoms with van der Waals surface area (Å²) in [6.07, 6.45) is 0. The summed E-state index contributed by atoms with van der Waals surface area (Å²) in [5.41, 5.74) is 0.621. The fourth-order valence-electron chi connectivity index (χ4n) is 3.08. The van der Waals surface area contributed by atoms with Crippen molar-refractivity contribution in [2.45, 2.75) is 11.8 Å². The standard InChI is InChI=1S/C18H18FN3O5S/c1-13-11-14(5-6-17(13)22(24)25)18(23)20-7-9-21(10-8-20)28(26,27)16-4-2-3-15(19)12-16/h2-6,11-12H,7-10H2,1H3. The number of carbonyl (C=O) groups excluding carboxylic acids is 1. The van der Waals surface area contributed by atoms with Crippen molar-refractivity contribution in [2.24, 2.45) is 0 Å². The van der Waals surface area contributed by atoms with E-state index in [4.69, 9.17) is 0 Å². The first-order valence-corrected chi connectivity index (χ1v) is 9.94. The van der Waals surface area contributed by atoms with E-state index >= 15 is 0 Å². The highest BCUT2D eigenvalue weighted by atomic mass is 32.2. The second-order valence-electron chi connectivity index (χ2n) is 6.41. The molecule has 0 radical (unpaired) electrons. The molecule has 3 rings (SSSR count). The molecular weight excluding hydrogens is 389 g/mol. The van der Waals surface area contributed by atoms with Crippen LogP contribution >= 0.6 is 0 Å². The van der Waals surface area contributed by atoms with Gasteiger partial charge in [-0.25, -0.2) is 12.8 Å². The molecule has 10 heteroatoms. The Hall–Kier alpha value is -2.85. The van der Waals surface area contributed by atoms with E-state index in [-0.39, 0.29) is 42.7 Å². The third-order valence-electron chi connectivity index (χ3n) is 4.60. The van der Waals surface area contributed by atoms with Crippen molar-refractivity contribution >= 4 is 21.6 Å². The Morgan fingerprint density at radius 2 is 1.79 bits per heavy atom. The van der Waals surface area contributed by atoms with Crippen LogP contribution in [0, 0.1) is 22.9 Å². The predicted molar refractivity (Wildman–Crippen MR) is 98.9 cm³/mol. The van der Waals surface area contributed by atoms with Gasteiger partial charge >= 0.3 is 0 Å². The summed E-state index contributed by atoms with van der Waals surface area (Å²) in [5.74, 6) is -0.954. The average molecular weight is 407 g/mol. The number of benzene rings is 2. The lowest BCUT2D eigenvalue weighted by Gasteiger charge is -2.34. The van der Waals surface area contributed by atoms with Crippen LogP contribution in [0.25, 0.3) is 0 Å². The predicted octanol–water partition coefficient (Wildman–Crippen LogP) is 2.19. The number of nitro benzene ring substituents is 1. The zero-order chi connectivity index (χ0) is 20.5. The van der Waals surface area contributed by atoms with Crippen molar-refractivity contribution in [2.75, 3.05) is 26.2 Å². The summed E-state index contributed by atoms with van der Waals surface area (Å²) in [6, 6.07) is 8.93. The van der Waals surface area contributed by atoms with Gasteiger partial charge in [-0.15, -0.1) is 0 Å². The summed E-state index contributed by atoms with van der Waals surface area (Å²) >= 11 is 0. The minimum Gasteiger partial charge on any atom is -0.336 e. The number of nitrogens with zero attached hydrogens (tertiary/aromatic N) is 3. The largest absolute Gasteiger partial charge is 0.336 e. The zero-order valence-electron chi connectivity index (χ0n) is 15.0. The lowest BCUT2D eigenvalue weighted by molar-refractivity contribution is -0.385. The normalized spacial score (nSPS) is 15.4. The molecule has 1 amide bonds. The lowest BCUT2D eigenvalue weighted by Crippen LogP contribution is -2.50. The molecule has 0 N–H and O–H groups in total. The SMILES string of the molecule is Cc1cc(C(=O)N2CCN(S(=O)(=O)c3cccc(F)c3)CC2)ccc1[N+](=O)[O-]. The second-order valence-corrected chi connectivity index (χ2v) is 8.35. The zero-order valence-corrected chi connectivity index (χ0v) is 15.9. The molecule has 0 aromatic heterocycles. The first-order valence-electron chi connectivity index (χ1n) is 8.50. The minimum atomic E-state index is -3.84. The molecule has 0 atom stereocenters. The number of aryl methyl sites for hydroxylation is 1. The van der Waals surface area contributed by atoms with Crippen molar-refractivity contribution in [1.82, 2.24) is 9.21 Å². The maximum absolute atomic E-state index is 13.4. The topological polar surface area (TPSA) is 101 Å². The van der Waals surface area contributed by atoms with Gasteiger partial charge in [0.2, 0.25) is 10.0 Å². The number of sulfonamides is 1. The Bertz CT molecular complexity index is 1030. The molecule has 0 bridgehead atoms. The molecule has 0 aliphatic carbocycles. The van der Waals surface area contributed by atoms with Crippen molar-refractivity contribution < 1.29 is 22.5 Å². The number of rotatable bonds is 4. The van der Waals surface area contributed by atoms with E-state index in [9.17, 15) is 27.7 Å². The molecule has 1 saturated heterocycles. The number of piperazine rings is 1. The Kier molecular flexibility index (Phi) is 5.43. The van der Waals surface area contributed by atoms with Crippen molar-refractivity contribution in [3.8, 4) is 0 Å². The third-order valence-corrected chi connectivity index (χ3v) is 6.49. The van der Waals surface area contributed by atoms with Crippen LogP contribution < -0.4 is 0 Å². The summed E-state index contributed by atoms with van der Waals surface area (Å²) in [6.45, 7) is 2.05. The maximum Gasteiger partial charge on any atom is 0.272 e. The van der Waals surface area contributed by atoms with E-state index in [0.717, 1.165) is 6.07 Å². The second kappa shape index (κ2) is 7.64. The first kappa shape index (κ1) is 19.9. The highest BCUT2D eigenvalue weighted by molar-refractivity contribution is 7.89. The summed E-state index contributed by atoms with van der Waals surface area (Å²) < 4.78 is 39.8. The maximum atomic E-state index is 13.4. The van der Waals surface area contributed by atoms with Gasteiger partial charge in [0.05, 0.1) is 9.82 Å². The highest BCUT2D eigenvalue weighted by Crippen LogP contribution is 2.22. The third kappa shape index (κ3) is 3.87. The number of carbonyl (C=O) groups is 1. The van der Waals surface area contributed by atoms with E-state index in [1.807, 2.05) is 0 Å². The summed E-state index contributed by atoms with van der Waals surface area (Å²) in [4.78, 5) is 24.4. The number of nitro groups is 1. The molecule has 1 aliphatic heterocycles. The van der Waals surface area contributed by atoms with Crippen molar-refractivity contribution in [3.63, 3.8) is 0 Å². The van der Waals surface area contributed by atoms with Gasteiger partial charge in [0.15, 0.2) is 0 Å². The Morgan fingerprint density at radius 3 is 2.36 bits per heavy atom. The van der Waals surface area contributed by atoms with Gasteiger partial charge in [0.1, 0.15) is 5.82 Å². The number of halogens is 1. The van der Waals surface area contributed by atoms with Crippen LogP contribution in [0.15, 0.2) is 47.4 Å². The molecule has 1 heterocycles. The Morgan fingerprint density at radius 1 is 1.11 bits per heavy atom. The summed E-state index contributed by atoms with van der Waals surface area (Å²) in [7, 11) is -3.84. The van der Waals surface area contributed by atoms with Gasteiger partial charge in [-0.05, 0) is 37.3 Å². The van der Waals surface area contributed by atoms with Crippen LogP contribution in [0.2, 0.25) is 0 Å². The molecule has 1 fully saturated rings. The molecule has 28 heavy (non-hydrogen) atoms. The van der Waals surface area contributed by atoms with E-state index < -0.39 is 20.8 Å². The van der Waals surface area contributed by atoms with Crippen LogP contribution in [0.5, 0.6) is 0 Å². The number of amides is 1. The van der Waals surface area contributed by atoms with Gasteiger partial charge in [-0.3, -0.25) is 14.9 Å². The molecule has 8 nitrogen and oxygen atoms in total. The Balaban J connectivity index is 1.70. The fraction of sp³-hybridized carbons (Fsp3) is 0.278. The van der Waals surface area contributed by atoms with Gasteiger partial charge in [0, 0.05) is 43.4 Å². The van der Waals surface area contributed by atoms with E-state index in [0.29, 0.717) is 11.1 Å². The fourth-order valence-corrected chi connectivity index (χ4v) is 4.54. The molecule has 1 aliphatic rings. The lowest BCUT2D eigenvalue weighted by atomic mass is 10.1. The van der Waals surface area contributed by atoms with Crippen LogP contribution in [0.3, 0.4) is 0 Å². The molecule has 0 unspecified atom stereocenters. The molecular formula is C18H18FN3O5S. The highest BCUT2D eigenvalue weighted by Gasteiger charge is 2.31. The van der Waals surface area contributed by atoms with E-state index in [1.54, 1.807) is 6.92 Å². The van der Waals surface area contributed by atoms with Crippen LogP contribution in [-0.2, 0) is 10.0 Å². The quantitative estimate of drug-likeness (QED) is 0.571. The van der Waals surface area contributed by atoms with Crippen molar-refractivity contribution in [3.05, 3.63) is 69.5 Å². The van der Waals surface area contributed by atoms with Crippen LogP contribution in [0.1, 0.15) is 15.9 Å². The first-order chi connectivity index (χ1) is 13.2. The average Bonchev–Trinajstić information content (AvgIpc) is 2.67. The number of hydrogen-bond donors (Lipinski definition) is 0. The number of hydrogen-bond acceptors (Lipinski definition) is 5. The van der Waals surface area contributed by atoms with Crippen LogP contribution in [-0.4, -0.2) is 54.6 Å². The van der Waals surface area contributed by atoms with E-state index in [2.05, 4.69) is 0 Å². The minimum absolute atomic E-state index is 0.0671. The molecule has 148 valence electrons. The molecule has 2 aromatic carbocycles. The molecule has 0 saturated carbocycles. The van der Waals surface area contributed by atoms with Crippen molar-refractivity contribution in [1.29, 1.82) is 0 Å². The smallest absolute Gasteiger partial charge is 0.272 e. The summed E-state index contributed by atoms with van der Waals surface area (Å²) in [5, 5.41) is 10.9. The van der Waals surface area contributed by atoms with Gasteiger partial charge in [-0.2, -0.15) is 4.31 Å². The Labute approximate surface area is 161 Å². The molecule has 0 spiro atoms. The monoisotopic (exact) mass is 407 g/mol. The van der Waals surface area contributed by atoms with E-state index in [1.165, 1.54) is 45.6 Å².